The largest absolute Gasteiger partial charge is 0.396 e. The van der Waals surface area contributed by atoms with E-state index in [4.69, 9.17) is 5.11 Å². The van der Waals surface area contributed by atoms with Crippen LogP contribution in [0.4, 0.5) is 5.13 Å². The van der Waals surface area contributed by atoms with E-state index in [0.717, 1.165) is 23.7 Å². The average molecular weight is 214 g/mol. The summed E-state index contributed by atoms with van der Waals surface area (Å²) < 4.78 is 0. The standard InChI is InChI=1S/C10H18N2OS/c1-4-8-7-14-9(11-8)12-10(2,3)5-6-13/h7,13H,4-6H2,1-3H3,(H,11,12). The minimum Gasteiger partial charge on any atom is -0.396 e. The van der Waals surface area contributed by atoms with Crippen LogP contribution in [0.5, 0.6) is 0 Å². The third kappa shape index (κ3) is 3.27. The van der Waals surface area contributed by atoms with Crippen LogP contribution >= 0.6 is 11.3 Å². The highest BCUT2D eigenvalue weighted by molar-refractivity contribution is 7.13. The lowest BCUT2D eigenvalue weighted by Gasteiger charge is -2.24. The van der Waals surface area contributed by atoms with Crippen LogP contribution in [0.15, 0.2) is 5.38 Å². The maximum atomic E-state index is 8.87. The molecule has 2 N–H and O–H groups in total. The van der Waals surface area contributed by atoms with Gasteiger partial charge in [0.15, 0.2) is 5.13 Å². The number of aliphatic hydroxyl groups excluding tert-OH is 1. The Morgan fingerprint density at radius 2 is 2.29 bits per heavy atom. The van der Waals surface area contributed by atoms with E-state index in [9.17, 15) is 0 Å². The molecule has 0 radical (unpaired) electrons. The summed E-state index contributed by atoms with van der Waals surface area (Å²) >= 11 is 1.62. The number of thiazole rings is 1. The molecule has 14 heavy (non-hydrogen) atoms. The Hall–Kier alpha value is -0.610. The second-order valence-electron chi connectivity index (χ2n) is 3.98. The highest BCUT2D eigenvalue weighted by Gasteiger charge is 2.17. The summed E-state index contributed by atoms with van der Waals surface area (Å²) in [4.78, 5) is 4.42. The van der Waals surface area contributed by atoms with Gasteiger partial charge in [-0.25, -0.2) is 4.98 Å². The zero-order valence-corrected chi connectivity index (χ0v) is 9.82. The first-order valence-electron chi connectivity index (χ1n) is 4.91. The van der Waals surface area contributed by atoms with Gasteiger partial charge in [-0.3, -0.25) is 0 Å². The van der Waals surface area contributed by atoms with Crippen LogP contribution < -0.4 is 5.32 Å². The molecule has 3 nitrogen and oxygen atoms in total. The number of rotatable bonds is 5. The summed E-state index contributed by atoms with van der Waals surface area (Å²) in [5, 5.41) is 15.2. The van der Waals surface area contributed by atoms with Gasteiger partial charge in [0.2, 0.25) is 0 Å². The number of aryl methyl sites for hydroxylation is 1. The lowest BCUT2D eigenvalue weighted by atomic mass is 10.0. The van der Waals surface area contributed by atoms with Crippen molar-refractivity contribution in [3.05, 3.63) is 11.1 Å². The van der Waals surface area contributed by atoms with Crippen molar-refractivity contribution in [2.75, 3.05) is 11.9 Å². The lowest BCUT2D eigenvalue weighted by Crippen LogP contribution is -2.31. The Balaban J connectivity index is 2.58. The van der Waals surface area contributed by atoms with Crippen LogP contribution in [0.3, 0.4) is 0 Å². The number of nitrogens with one attached hydrogen (secondary N) is 1. The summed E-state index contributed by atoms with van der Waals surface area (Å²) in [7, 11) is 0. The highest BCUT2D eigenvalue weighted by atomic mass is 32.1. The van der Waals surface area contributed by atoms with Crippen molar-refractivity contribution < 1.29 is 5.11 Å². The predicted octanol–water partition coefficient (Wildman–Crippen LogP) is 2.28. The predicted molar refractivity (Wildman–Crippen MR) is 60.9 cm³/mol. The maximum absolute atomic E-state index is 8.87. The van der Waals surface area contributed by atoms with Crippen molar-refractivity contribution in [2.45, 2.75) is 39.2 Å². The normalized spacial score (nSPS) is 11.7. The molecule has 4 heteroatoms. The molecule has 0 unspecified atom stereocenters. The molecule has 1 aromatic heterocycles. The molecule has 1 rings (SSSR count). The molecule has 0 aliphatic carbocycles. The molecule has 0 aliphatic heterocycles. The second kappa shape index (κ2) is 4.75. The third-order valence-electron chi connectivity index (χ3n) is 2.10. The summed E-state index contributed by atoms with van der Waals surface area (Å²) in [6.07, 6.45) is 1.70. The molecule has 0 amide bonds. The number of anilines is 1. The molecule has 1 heterocycles. The second-order valence-corrected chi connectivity index (χ2v) is 4.84. The number of hydrogen-bond donors (Lipinski definition) is 2. The highest BCUT2D eigenvalue weighted by Crippen LogP contribution is 2.21. The first-order chi connectivity index (χ1) is 6.57. The smallest absolute Gasteiger partial charge is 0.183 e. The molecule has 0 saturated heterocycles. The van der Waals surface area contributed by atoms with Crippen LogP contribution in [0.1, 0.15) is 32.9 Å². The molecule has 0 aliphatic rings. The van der Waals surface area contributed by atoms with Gasteiger partial charge >= 0.3 is 0 Å². The van der Waals surface area contributed by atoms with E-state index in [2.05, 4.69) is 36.5 Å². The van der Waals surface area contributed by atoms with Gasteiger partial charge in [-0.15, -0.1) is 11.3 Å². The zero-order valence-electron chi connectivity index (χ0n) is 9.00. The van der Waals surface area contributed by atoms with Gasteiger partial charge in [-0.2, -0.15) is 0 Å². The van der Waals surface area contributed by atoms with Crippen molar-refractivity contribution in [3.63, 3.8) is 0 Å². The fraction of sp³-hybridized carbons (Fsp3) is 0.700. The van der Waals surface area contributed by atoms with E-state index in [-0.39, 0.29) is 12.1 Å². The fourth-order valence-electron chi connectivity index (χ4n) is 1.16. The van der Waals surface area contributed by atoms with Crippen LogP contribution in [0.25, 0.3) is 0 Å². The SMILES string of the molecule is CCc1csc(NC(C)(C)CCO)n1. The number of aromatic nitrogens is 1. The van der Waals surface area contributed by atoms with E-state index in [0.29, 0.717) is 0 Å². The van der Waals surface area contributed by atoms with Gasteiger partial charge in [-0.1, -0.05) is 6.92 Å². The molecule has 1 aromatic rings. The number of hydrogen-bond acceptors (Lipinski definition) is 4. The monoisotopic (exact) mass is 214 g/mol. The van der Waals surface area contributed by atoms with Gasteiger partial charge in [-0.05, 0) is 26.7 Å². The van der Waals surface area contributed by atoms with Gasteiger partial charge in [0, 0.05) is 17.5 Å². The zero-order chi connectivity index (χ0) is 10.6. The Morgan fingerprint density at radius 1 is 1.57 bits per heavy atom. The van der Waals surface area contributed by atoms with Crippen LogP contribution in [0, 0.1) is 0 Å². The molecular weight excluding hydrogens is 196 g/mol. The van der Waals surface area contributed by atoms with Crippen LogP contribution in [0.2, 0.25) is 0 Å². The molecular formula is C10H18N2OS. The van der Waals surface area contributed by atoms with E-state index in [1.807, 2.05) is 0 Å². The molecule has 0 fully saturated rings. The quantitative estimate of drug-likeness (QED) is 0.790. The minimum atomic E-state index is -0.0857. The summed E-state index contributed by atoms with van der Waals surface area (Å²) in [6, 6.07) is 0. The molecule has 0 bridgehead atoms. The minimum absolute atomic E-state index is 0.0857. The molecule has 0 atom stereocenters. The summed E-state index contributed by atoms with van der Waals surface area (Å²) in [6.45, 7) is 6.43. The van der Waals surface area contributed by atoms with Gasteiger partial charge in [0.25, 0.3) is 0 Å². The van der Waals surface area contributed by atoms with Gasteiger partial charge in [0.05, 0.1) is 5.69 Å². The Morgan fingerprint density at radius 3 is 2.79 bits per heavy atom. The van der Waals surface area contributed by atoms with Crippen molar-refractivity contribution in [3.8, 4) is 0 Å². The maximum Gasteiger partial charge on any atom is 0.183 e. The number of nitrogens with zero attached hydrogens (tertiary/aromatic N) is 1. The van der Waals surface area contributed by atoms with Crippen molar-refractivity contribution >= 4 is 16.5 Å². The van der Waals surface area contributed by atoms with Crippen molar-refractivity contribution in [2.24, 2.45) is 0 Å². The average Bonchev–Trinajstić information content (AvgIpc) is 2.51. The number of aliphatic hydroxyl groups is 1. The van der Waals surface area contributed by atoms with Gasteiger partial charge in [0.1, 0.15) is 0 Å². The molecule has 0 saturated carbocycles. The third-order valence-corrected chi connectivity index (χ3v) is 2.90. The molecule has 0 aromatic carbocycles. The topological polar surface area (TPSA) is 45.1 Å². The Bertz CT molecular complexity index is 283. The van der Waals surface area contributed by atoms with Crippen LogP contribution in [-0.4, -0.2) is 22.2 Å². The summed E-state index contributed by atoms with van der Waals surface area (Å²) in [5.74, 6) is 0. The van der Waals surface area contributed by atoms with E-state index in [1.165, 1.54) is 0 Å². The first kappa shape index (κ1) is 11.5. The lowest BCUT2D eigenvalue weighted by molar-refractivity contribution is 0.261. The van der Waals surface area contributed by atoms with E-state index < -0.39 is 0 Å². The molecule has 0 spiro atoms. The molecule has 80 valence electrons. The van der Waals surface area contributed by atoms with Crippen molar-refractivity contribution in [1.82, 2.24) is 4.98 Å². The Kier molecular flexibility index (Phi) is 3.89. The van der Waals surface area contributed by atoms with Crippen LogP contribution in [-0.2, 0) is 6.42 Å². The van der Waals surface area contributed by atoms with E-state index >= 15 is 0 Å². The Labute approximate surface area is 89.2 Å². The first-order valence-corrected chi connectivity index (χ1v) is 5.79. The van der Waals surface area contributed by atoms with Crippen molar-refractivity contribution in [1.29, 1.82) is 0 Å². The van der Waals surface area contributed by atoms with E-state index in [1.54, 1.807) is 11.3 Å². The van der Waals surface area contributed by atoms with Gasteiger partial charge < -0.3 is 10.4 Å². The fourth-order valence-corrected chi connectivity index (χ4v) is 2.13. The summed E-state index contributed by atoms with van der Waals surface area (Å²) in [5.41, 5.74) is 1.04.